The van der Waals surface area contributed by atoms with Crippen LogP contribution in [0, 0.1) is 6.92 Å². The van der Waals surface area contributed by atoms with Crippen molar-refractivity contribution in [2.24, 2.45) is 0 Å². The van der Waals surface area contributed by atoms with Gasteiger partial charge >= 0.3 is 0 Å². The molecule has 0 spiro atoms. The molecule has 25 heavy (non-hydrogen) atoms. The molecular formula is C16H22N4O3S2. The minimum absolute atomic E-state index is 0.0123. The number of rotatable bonds is 7. The highest BCUT2D eigenvalue weighted by Gasteiger charge is 2.26. The fourth-order valence-electron chi connectivity index (χ4n) is 2.69. The van der Waals surface area contributed by atoms with Crippen molar-refractivity contribution in [1.82, 2.24) is 20.4 Å². The summed E-state index contributed by atoms with van der Waals surface area (Å²) < 4.78 is 12.1. The number of carbonyl (C=O) groups excluding carboxylic acids is 1. The minimum Gasteiger partial charge on any atom is -0.465 e. The van der Waals surface area contributed by atoms with Crippen LogP contribution in [-0.4, -0.2) is 59.1 Å². The molecule has 0 aromatic carbocycles. The highest BCUT2D eigenvalue weighted by atomic mass is 32.2. The van der Waals surface area contributed by atoms with Crippen LogP contribution in [0.5, 0.6) is 0 Å². The van der Waals surface area contributed by atoms with Gasteiger partial charge in [-0.2, -0.15) is 0 Å². The number of aryl methyl sites for hydroxylation is 1. The van der Waals surface area contributed by atoms with E-state index in [9.17, 15) is 4.79 Å². The van der Waals surface area contributed by atoms with Gasteiger partial charge in [-0.05, 0) is 26.0 Å². The summed E-state index contributed by atoms with van der Waals surface area (Å²) in [6, 6.07) is 3.96. The van der Waals surface area contributed by atoms with E-state index in [0.29, 0.717) is 19.8 Å². The molecule has 1 saturated heterocycles. The normalized spacial score (nSPS) is 18.0. The molecule has 2 atom stereocenters. The third-order valence-electron chi connectivity index (χ3n) is 4.03. The van der Waals surface area contributed by atoms with Gasteiger partial charge in [-0.1, -0.05) is 23.1 Å². The quantitative estimate of drug-likeness (QED) is 0.735. The Morgan fingerprint density at radius 1 is 1.44 bits per heavy atom. The molecule has 136 valence electrons. The first-order valence-electron chi connectivity index (χ1n) is 8.22. The summed E-state index contributed by atoms with van der Waals surface area (Å²) in [4.78, 5) is 14.7. The van der Waals surface area contributed by atoms with E-state index in [4.69, 9.17) is 9.15 Å². The molecule has 0 saturated carbocycles. The number of hydrogen-bond acceptors (Lipinski definition) is 8. The Labute approximate surface area is 155 Å². The summed E-state index contributed by atoms with van der Waals surface area (Å²) in [6.45, 7) is 7.37. The summed E-state index contributed by atoms with van der Waals surface area (Å²) in [7, 11) is 0. The van der Waals surface area contributed by atoms with Crippen molar-refractivity contribution in [1.29, 1.82) is 0 Å². The number of aromatic nitrogens is 2. The van der Waals surface area contributed by atoms with Gasteiger partial charge in [-0.3, -0.25) is 9.69 Å². The van der Waals surface area contributed by atoms with Gasteiger partial charge in [-0.25, -0.2) is 0 Å². The lowest BCUT2D eigenvalue weighted by Gasteiger charge is -2.33. The number of furan rings is 1. The molecule has 9 heteroatoms. The Kier molecular flexibility index (Phi) is 6.46. The molecule has 1 aliphatic heterocycles. The van der Waals surface area contributed by atoms with Crippen molar-refractivity contribution in [2.75, 3.05) is 32.8 Å². The maximum Gasteiger partial charge on any atom is 0.233 e. The zero-order valence-corrected chi connectivity index (χ0v) is 15.9. The summed E-state index contributed by atoms with van der Waals surface area (Å²) in [6.07, 6.45) is 0. The molecule has 7 nitrogen and oxygen atoms in total. The molecule has 2 aromatic rings. The molecule has 1 amide bonds. The second-order valence-corrected chi connectivity index (χ2v) is 8.24. The first-order valence-corrected chi connectivity index (χ1v) is 9.98. The molecule has 0 aliphatic carbocycles. The van der Waals surface area contributed by atoms with Crippen LogP contribution in [0.25, 0.3) is 0 Å². The van der Waals surface area contributed by atoms with Crippen molar-refractivity contribution in [3.05, 3.63) is 29.2 Å². The Balaban J connectivity index is 1.60. The Bertz CT molecular complexity index is 671. The molecule has 3 heterocycles. The van der Waals surface area contributed by atoms with Gasteiger partial charge in [-0.15, -0.1) is 10.2 Å². The van der Waals surface area contributed by atoms with Gasteiger partial charge in [0.05, 0.1) is 24.5 Å². The average Bonchev–Trinajstić information content (AvgIpc) is 3.28. The van der Waals surface area contributed by atoms with E-state index < -0.39 is 0 Å². The first kappa shape index (κ1) is 18.4. The van der Waals surface area contributed by atoms with Crippen LogP contribution in [-0.2, 0) is 9.53 Å². The smallest absolute Gasteiger partial charge is 0.233 e. The molecule has 1 N–H and O–H groups in total. The second-order valence-electron chi connectivity index (χ2n) is 5.82. The SMILES string of the molecule is Cc1ccc([C@@H](CNC(=O)[C@@H](C)Sc2nncs2)N2CCOCC2)o1. The standard InChI is InChI=1S/C16H22N4O3S2/c1-11-3-4-14(23-11)13(20-5-7-22-8-6-20)9-17-15(21)12(2)25-16-19-18-10-24-16/h3-4,10,12-13H,5-9H2,1-2H3,(H,17,21)/t12-,13-/m1/s1. The summed E-state index contributed by atoms with van der Waals surface area (Å²) in [5.41, 5.74) is 1.67. The molecule has 1 aliphatic rings. The predicted molar refractivity (Wildman–Crippen MR) is 96.8 cm³/mol. The molecule has 2 aromatic heterocycles. The monoisotopic (exact) mass is 382 g/mol. The van der Waals surface area contributed by atoms with E-state index >= 15 is 0 Å². The number of carbonyl (C=O) groups is 1. The number of amides is 1. The van der Waals surface area contributed by atoms with Crippen LogP contribution in [0.15, 0.2) is 26.4 Å². The molecular weight excluding hydrogens is 360 g/mol. The van der Waals surface area contributed by atoms with Crippen molar-refractivity contribution < 1.29 is 13.9 Å². The van der Waals surface area contributed by atoms with Crippen LogP contribution in [0.1, 0.15) is 24.5 Å². The van der Waals surface area contributed by atoms with Gasteiger partial charge < -0.3 is 14.5 Å². The topological polar surface area (TPSA) is 80.5 Å². The van der Waals surface area contributed by atoms with Crippen LogP contribution in [0.3, 0.4) is 0 Å². The summed E-state index contributed by atoms with van der Waals surface area (Å²) in [5, 5.41) is 10.6. The molecule has 0 bridgehead atoms. The lowest BCUT2D eigenvalue weighted by Crippen LogP contribution is -2.44. The van der Waals surface area contributed by atoms with Gasteiger partial charge in [0.2, 0.25) is 5.91 Å². The van der Waals surface area contributed by atoms with E-state index in [0.717, 1.165) is 28.9 Å². The number of hydrogen-bond donors (Lipinski definition) is 1. The lowest BCUT2D eigenvalue weighted by atomic mass is 10.1. The number of thioether (sulfide) groups is 1. The molecule has 3 rings (SSSR count). The Morgan fingerprint density at radius 2 is 2.24 bits per heavy atom. The average molecular weight is 383 g/mol. The van der Waals surface area contributed by atoms with Crippen molar-refractivity contribution in [2.45, 2.75) is 29.5 Å². The number of nitrogens with one attached hydrogen (secondary N) is 1. The molecule has 0 radical (unpaired) electrons. The zero-order valence-electron chi connectivity index (χ0n) is 14.3. The summed E-state index contributed by atoms with van der Waals surface area (Å²) in [5.74, 6) is 1.74. The minimum atomic E-state index is -0.225. The van der Waals surface area contributed by atoms with Crippen LogP contribution in [0.4, 0.5) is 0 Å². The van der Waals surface area contributed by atoms with Crippen LogP contribution < -0.4 is 5.32 Å². The van der Waals surface area contributed by atoms with E-state index in [-0.39, 0.29) is 17.2 Å². The molecule has 0 unspecified atom stereocenters. The van der Waals surface area contributed by atoms with Crippen molar-refractivity contribution >= 4 is 29.0 Å². The maximum atomic E-state index is 12.4. The van der Waals surface area contributed by atoms with Gasteiger partial charge in [0.15, 0.2) is 4.34 Å². The Morgan fingerprint density at radius 3 is 2.88 bits per heavy atom. The third kappa shape index (κ3) is 5.04. The van der Waals surface area contributed by atoms with E-state index in [1.165, 1.54) is 23.1 Å². The second kappa shape index (κ2) is 8.79. The molecule has 1 fully saturated rings. The van der Waals surface area contributed by atoms with Crippen LogP contribution >= 0.6 is 23.1 Å². The fourth-order valence-corrected chi connectivity index (χ4v) is 4.34. The first-order chi connectivity index (χ1) is 12.1. The van der Waals surface area contributed by atoms with Gasteiger partial charge in [0, 0.05) is 19.6 Å². The largest absolute Gasteiger partial charge is 0.465 e. The van der Waals surface area contributed by atoms with Gasteiger partial charge in [0.25, 0.3) is 0 Å². The zero-order chi connectivity index (χ0) is 17.6. The van der Waals surface area contributed by atoms with E-state index in [1.807, 2.05) is 26.0 Å². The van der Waals surface area contributed by atoms with Crippen molar-refractivity contribution in [3.63, 3.8) is 0 Å². The number of morpholine rings is 1. The number of ether oxygens (including phenoxy) is 1. The highest BCUT2D eigenvalue weighted by Crippen LogP contribution is 2.26. The lowest BCUT2D eigenvalue weighted by molar-refractivity contribution is -0.120. The van der Waals surface area contributed by atoms with Gasteiger partial charge in [0.1, 0.15) is 17.0 Å². The van der Waals surface area contributed by atoms with E-state index in [2.05, 4.69) is 20.4 Å². The van der Waals surface area contributed by atoms with E-state index in [1.54, 1.807) is 5.51 Å². The Hall–Kier alpha value is -1.42. The number of nitrogens with zero attached hydrogens (tertiary/aromatic N) is 3. The van der Waals surface area contributed by atoms with Crippen LogP contribution in [0.2, 0.25) is 0 Å². The third-order valence-corrected chi connectivity index (χ3v) is 5.94. The fraction of sp³-hybridized carbons (Fsp3) is 0.562. The maximum absolute atomic E-state index is 12.4. The van der Waals surface area contributed by atoms with Crippen molar-refractivity contribution in [3.8, 4) is 0 Å². The predicted octanol–water partition coefficient (Wildman–Crippen LogP) is 2.11. The highest BCUT2D eigenvalue weighted by molar-refractivity contribution is 8.02. The summed E-state index contributed by atoms with van der Waals surface area (Å²) >= 11 is 2.86.